The van der Waals surface area contributed by atoms with Crippen LogP contribution in [0.2, 0.25) is 0 Å². The summed E-state index contributed by atoms with van der Waals surface area (Å²) in [6, 6.07) is 12.7. The number of hydrogen-bond acceptors (Lipinski definition) is 14. The van der Waals surface area contributed by atoms with E-state index in [1.54, 1.807) is 9.80 Å². The van der Waals surface area contributed by atoms with E-state index in [0.29, 0.717) is 91.0 Å². The fourth-order valence-corrected chi connectivity index (χ4v) is 10.7. The molecular weight excluding hydrogens is 1030 g/mol. The first-order valence-electron chi connectivity index (χ1n) is 27.0. The molecule has 0 radical (unpaired) electrons. The summed E-state index contributed by atoms with van der Waals surface area (Å²) in [6.45, 7) is 4.60. The van der Waals surface area contributed by atoms with E-state index in [-0.39, 0.29) is 80.9 Å². The standard InChI is InChI=1S/C55H75N9O15/c1-34(65)30-61-16-20-63(32-49(69)70)22-18-62(19-23-64(21-17-61)33-50(71)72)31-47(66)56-28-35-10-12-36(13-11-35)51(73)58-45(27-43-41-8-4-2-6-37(41)24-38-7-3-5-9-42(38)43)52(74)57-29-40-25-39(40)26-46(54(77)78)60-55(79)59-44(53(75)76)14-15-48(67)68/h2-9,24,35-36,39-40,44-46H,10-23,25-33H2,1H3,(H,56,66)(H,57,74)(H,58,73)(H,67,68)(H,69,70)(H,71,72)(H,75,76)(H,77,78)(H2,59,60,79)/t35?,36?,39-,40-,44+,45+,46+/m1/s1. The van der Waals surface area contributed by atoms with Gasteiger partial charge in [0.2, 0.25) is 17.7 Å². The minimum atomic E-state index is -1.55. The van der Waals surface area contributed by atoms with Crippen molar-refractivity contribution in [2.24, 2.45) is 23.7 Å². The third kappa shape index (κ3) is 19.8. The lowest BCUT2D eigenvalue weighted by Crippen LogP contribution is -2.51. The van der Waals surface area contributed by atoms with Crippen LogP contribution in [0.15, 0.2) is 54.6 Å². The van der Waals surface area contributed by atoms with Gasteiger partial charge in [-0.1, -0.05) is 48.5 Å². The first-order valence-corrected chi connectivity index (χ1v) is 27.0. The first kappa shape index (κ1) is 60.9. The van der Waals surface area contributed by atoms with Gasteiger partial charge in [-0.25, -0.2) is 14.4 Å². The van der Waals surface area contributed by atoms with Gasteiger partial charge in [0.25, 0.3) is 0 Å². The Labute approximate surface area is 457 Å². The Balaban J connectivity index is 1.05. The van der Waals surface area contributed by atoms with Gasteiger partial charge >= 0.3 is 35.9 Å². The molecule has 2 saturated carbocycles. The zero-order valence-electron chi connectivity index (χ0n) is 44.6. The van der Waals surface area contributed by atoms with E-state index in [1.165, 1.54) is 6.92 Å². The summed E-state index contributed by atoms with van der Waals surface area (Å²) in [4.78, 5) is 132. The largest absolute Gasteiger partial charge is 0.481 e. The number of urea groups is 1. The smallest absolute Gasteiger partial charge is 0.326 e. The fraction of sp³-hybridized carbons (Fsp3) is 0.564. The highest BCUT2D eigenvalue weighted by Crippen LogP contribution is 2.41. The molecule has 430 valence electrons. The Morgan fingerprint density at radius 3 is 1.57 bits per heavy atom. The minimum Gasteiger partial charge on any atom is -0.481 e. The fourth-order valence-electron chi connectivity index (χ4n) is 10.7. The molecule has 0 bridgehead atoms. The Hall–Kier alpha value is -7.28. The molecule has 3 aliphatic rings. The summed E-state index contributed by atoms with van der Waals surface area (Å²) in [5.41, 5.74) is 0.875. The lowest BCUT2D eigenvalue weighted by atomic mass is 9.81. The summed E-state index contributed by atoms with van der Waals surface area (Å²) in [7, 11) is 0. The highest BCUT2D eigenvalue weighted by atomic mass is 16.4. The number of carboxylic acids is 5. The predicted octanol–water partition coefficient (Wildman–Crippen LogP) is 1.14. The molecule has 79 heavy (non-hydrogen) atoms. The summed E-state index contributed by atoms with van der Waals surface area (Å²) in [5.74, 6) is -7.84. The quantitative estimate of drug-likeness (QED) is 0.0504. The molecule has 1 saturated heterocycles. The topological polar surface area (TPSA) is 345 Å². The van der Waals surface area contributed by atoms with E-state index in [2.05, 4.69) is 32.7 Å². The van der Waals surface area contributed by atoms with E-state index in [0.717, 1.165) is 27.1 Å². The van der Waals surface area contributed by atoms with Gasteiger partial charge < -0.3 is 52.1 Å². The van der Waals surface area contributed by atoms with Crippen molar-refractivity contribution in [3.05, 3.63) is 60.2 Å². The van der Waals surface area contributed by atoms with Crippen molar-refractivity contribution in [2.75, 3.05) is 91.6 Å². The Kier molecular flexibility index (Phi) is 22.9. The number of nitrogens with one attached hydrogen (secondary N) is 5. The van der Waals surface area contributed by atoms with Crippen LogP contribution in [-0.4, -0.2) is 214 Å². The Morgan fingerprint density at radius 1 is 0.557 bits per heavy atom. The van der Waals surface area contributed by atoms with Gasteiger partial charge in [0.1, 0.15) is 23.9 Å². The maximum atomic E-state index is 14.3. The molecule has 24 heteroatoms. The monoisotopic (exact) mass is 1100 g/mol. The van der Waals surface area contributed by atoms with Crippen molar-refractivity contribution in [3.8, 4) is 0 Å². The molecule has 0 aromatic heterocycles. The summed E-state index contributed by atoms with van der Waals surface area (Å²) in [5, 5.41) is 64.8. The van der Waals surface area contributed by atoms with Gasteiger partial charge in [-0.05, 0) is 103 Å². The van der Waals surface area contributed by atoms with Crippen LogP contribution in [0.3, 0.4) is 0 Å². The summed E-state index contributed by atoms with van der Waals surface area (Å²) in [6.07, 6.45) is 2.01. The molecule has 1 aliphatic heterocycles. The molecule has 1 heterocycles. The predicted molar refractivity (Wildman–Crippen MR) is 288 cm³/mol. The number of aliphatic carboxylic acids is 5. The molecule has 2 aliphatic carbocycles. The molecule has 10 N–H and O–H groups in total. The number of carboxylic acid groups (broad SMARTS) is 5. The van der Waals surface area contributed by atoms with Crippen molar-refractivity contribution < 1.29 is 73.5 Å². The van der Waals surface area contributed by atoms with Gasteiger partial charge in [-0.15, -0.1) is 0 Å². The van der Waals surface area contributed by atoms with E-state index in [1.807, 2.05) is 58.3 Å². The van der Waals surface area contributed by atoms with E-state index in [4.69, 9.17) is 5.11 Å². The lowest BCUT2D eigenvalue weighted by Gasteiger charge is -2.33. The van der Waals surface area contributed by atoms with Gasteiger partial charge in [0.15, 0.2) is 0 Å². The van der Waals surface area contributed by atoms with Crippen molar-refractivity contribution in [2.45, 2.75) is 82.8 Å². The number of rotatable bonds is 26. The van der Waals surface area contributed by atoms with Gasteiger partial charge in [-0.3, -0.25) is 53.2 Å². The molecular formula is C55H75N9O15. The average molecular weight is 1100 g/mol. The van der Waals surface area contributed by atoms with Crippen LogP contribution in [0.1, 0.15) is 63.9 Å². The highest BCUT2D eigenvalue weighted by Gasteiger charge is 2.41. The van der Waals surface area contributed by atoms with Crippen molar-refractivity contribution >= 4 is 80.9 Å². The lowest BCUT2D eigenvalue weighted by molar-refractivity contribution is -0.141. The van der Waals surface area contributed by atoms with Crippen LogP contribution in [0.5, 0.6) is 0 Å². The first-order chi connectivity index (χ1) is 37.7. The zero-order valence-corrected chi connectivity index (χ0v) is 44.6. The van der Waals surface area contributed by atoms with Crippen LogP contribution < -0.4 is 26.6 Å². The van der Waals surface area contributed by atoms with Crippen LogP contribution >= 0.6 is 0 Å². The van der Waals surface area contributed by atoms with Crippen molar-refractivity contribution in [3.63, 3.8) is 0 Å². The molecule has 5 atom stereocenters. The second-order valence-electron chi connectivity index (χ2n) is 21.2. The zero-order chi connectivity index (χ0) is 57.2. The molecule has 5 amide bonds. The third-order valence-electron chi connectivity index (χ3n) is 15.2. The van der Waals surface area contributed by atoms with Crippen LogP contribution in [0.4, 0.5) is 4.79 Å². The third-order valence-corrected chi connectivity index (χ3v) is 15.2. The van der Waals surface area contributed by atoms with Crippen LogP contribution in [-0.2, 0) is 49.6 Å². The maximum absolute atomic E-state index is 14.3. The molecule has 0 spiro atoms. The number of benzene rings is 3. The van der Waals surface area contributed by atoms with Crippen LogP contribution in [0, 0.1) is 23.7 Å². The number of Topliss-reactive ketones (excluding diaryl/α,β-unsaturated/α-hetero) is 1. The van der Waals surface area contributed by atoms with Crippen LogP contribution in [0.25, 0.3) is 21.5 Å². The normalized spacial score (nSPS) is 21.0. The SMILES string of the molecule is CC(=O)CN1CCN(CC(=O)O)CCN(CC(=O)NCC2CCC(C(=O)N[C@@H](Cc3c4ccccc4cc4ccccc34)C(=O)NC[C@H]3C[C@@H]3C[C@H](NC(=O)N[C@@H](CCC(=O)O)C(=O)O)C(=O)O)CC2)CCN(CC(=O)O)CC1. The highest BCUT2D eigenvalue weighted by molar-refractivity contribution is 6.03. The van der Waals surface area contributed by atoms with Crippen molar-refractivity contribution in [1.29, 1.82) is 0 Å². The Morgan fingerprint density at radius 2 is 1.06 bits per heavy atom. The van der Waals surface area contributed by atoms with Gasteiger partial charge in [0.05, 0.1) is 26.2 Å². The van der Waals surface area contributed by atoms with E-state index in [9.17, 15) is 68.4 Å². The second kappa shape index (κ2) is 29.6. The number of amides is 5. The number of fused-ring (bicyclic) bond motifs is 2. The number of carbonyl (C=O) groups is 10. The van der Waals surface area contributed by atoms with E-state index < -0.39 is 78.7 Å². The molecule has 3 fully saturated rings. The van der Waals surface area contributed by atoms with Gasteiger partial charge in [0, 0.05) is 84.2 Å². The second-order valence-corrected chi connectivity index (χ2v) is 21.2. The molecule has 24 nitrogen and oxygen atoms in total. The van der Waals surface area contributed by atoms with Gasteiger partial charge in [-0.2, -0.15) is 0 Å². The number of ketones is 1. The molecule has 6 rings (SSSR count). The maximum Gasteiger partial charge on any atom is 0.326 e. The minimum absolute atomic E-state index is 0.00100. The summed E-state index contributed by atoms with van der Waals surface area (Å²) < 4.78 is 0. The number of hydrogen-bond donors (Lipinski definition) is 10. The molecule has 3 aromatic carbocycles. The average Bonchev–Trinajstić information content (AvgIpc) is 4.20. The molecule has 0 unspecified atom stereocenters. The van der Waals surface area contributed by atoms with E-state index >= 15 is 0 Å². The van der Waals surface area contributed by atoms with Crippen molar-refractivity contribution in [1.82, 2.24) is 46.2 Å². The number of nitrogens with zero attached hydrogens (tertiary/aromatic N) is 4. The molecule has 3 aromatic rings. The summed E-state index contributed by atoms with van der Waals surface area (Å²) >= 11 is 0. The Bertz CT molecular complexity index is 2600. The number of carbonyl (C=O) groups excluding carboxylic acids is 5.